The number of rotatable bonds is 5. The van der Waals surface area contributed by atoms with Crippen LogP contribution >= 0.6 is 0 Å². The van der Waals surface area contributed by atoms with Gasteiger partial charge < -0.3 is 24.3 Å². The van der Waals surface area contributed by atoms with Crippen LogP contribution in [-0.4, -0.2) is 39.5 Å². The summed E-state index contributed by atoms with van der Waals surface area (Å²) in [6, 6.07) is 27.3. The van der Waals surface area contributed by atoms with Crippen LogP contribution in [0.1, 0.15) is 34.1 Å². The zero-order valence-electron chi connectivity index (χ0n) is 23.0. The second-order valence-electron chi connectivity index (χ2n) is 9.88. The number of carbonyl (C=O) groups excluding carboxylic acids is 1. The SMILES string of the molecule is COc1ccc(NC(=O)N2Cc3c(C)nn(-c4ccccc4)c3-n3cccc3C2c2cccc(C)c2)cc1OC. The molecule has 0 saturated carbocycles. The molecule has 8 heteroatoms. The Hall–Kier alpha value is -4.98. The largest absolute Gasteiger partial charge is 0.493 e. The van der Waals surface area contributed by atoms with Crippen molar-refractivity contribution in [1.82, 2.24) is 19.2 Å². The smallest absolute Gasteiger partial charge is 0.322 e. The van der Waals surface area contributed by atoms with E-state index in [2.05, 4.69) is 41.1 Å². The quantitative estimate of drug-likeness (QED) is 0.282. The predicted octanol–water partition coefficient (Wildman–Crippen LogP) is 6.43. The molecular formula is C32H31N5O3. The molecule has 0 saturated heterocycles. The molecule has 1 aliphatic heterocycles. The summed E-state index contributed by atoms with van der Waals surface area (Å²) in [7, 11) is 3.17. The van der Waals surface area contributed by atoms with Crippen molar-refractivity contribution in [2.75, 3.05) is 19.5 Å². The second-order valence-corrected chi connectivity index (χ2v) is 9.88. The van der Waals surface area contributed by atoms with Gasteiger partial charge in [-0.05, 0) is 55.8 Å². The maximum atomic E-state index is 14.2. The molecule has 1 aliphatic rings. The van der Waals surface area contributed by atoms with Crippen molar-refractivity contribution in [3.05, 3.63) is 119 Å². The Balaban J connectivity index is 1.50. The number of para-hydroxylation sites is 1. The molecule has 1 unspecified atom stereocenters. The van der Waals surface area contributed by atoms with E-state index in [1.54, 1.807) is 26.4 Å². The Labute approximate surface area is 233 Å². The van der Waals surface area contributed by atoms with Gasteiger partial charge in [0, 0.05) is 23.5 Å². The Morgan fingerprint density at radius 2 is 1.70 bits per heavy atom. The number of aryl methyl sites for hydroxylation is 2. The molecular weight excluding hydrogens is 502 g/mol. The maximum Gasteiger partial charge on any atom is 0.322 e. The Kier molecular flexibility index (Phi) is 6.51. The summed E-state index contributed by atoms with van der Waals surface area (Å²) in [6.07, 6.45) is 2.05. The molecule has 3 heterocycles. The summed E-state index contributed by atoms with van der Waals surface area (Å²) in [5.74, 6) is 2.07. The van der Waals surface area contributed by atoms with Gasteiger partial charge >= 0.3 is 6.03 Å². The standard InChI is InChI=1S/C32H31N5O3/c1-21-10-8-11-23(18-21)30-27-14-9-17-35(27)31-26(22(2)34-37(31)25-12-6-5-7-13-25)20-36(30)32(38)33-24-15-16-28(39-3)29(19-24)40-4/h5-19,30H,20H2,1-4H3,(H,33,38). The molecule has 0 fully saturated rings. The number of nitrogens with one attached hydrogen (secondary N) is 1. The van der Waals surface area contributed by atoms with Gasteiger partial charge in [0.2, 0.25) is 0 Å². The number of nitrogens with zero attached hydrogens (tertiary/aromatic N) is 4. The van der Waals surface area contributed by atoms with E-state index in [1.807, 2.05) is 71.2 Å². The number of benzene rings is 3. The van der Waals surface area contributed by atoms with Crippen LogP contribution in [0.5, 0.6) is 11.5 Å². The van der Waals surface area contributed by atoms with Crippen molar-refractivity contribution < 1.29 is 14.3 Å². The van der Waals surface area contributed by atoms with Crippen LogP contribution in [0.3, 0.4) is 0 Å². The van der Waals surface area contributed by atoms with E-state index in [1.165, 1.54) is 0 Å². The highest BCUT2D eigenvalue weighted by atomic mass is 16.5. The zero-order chi connectivity index (χ0) is 27.8. The number of urea groups is 1. The topological polar surface area (TPSA) is 73.5 Å². The molecule has 0 bridgehead atoms. The molecule has 0 spiro atoms. The van der Waals surface area contributed by atoms with Crippen molar-refractivity contribution in [3.8, 4) is 23.0 Å². The first-order valence-electron chi connectivity index (χ1n) is 13.2. The number of anilines is 1. The fourth-order valence-electron chi connectivity index (χ4n) is 5.45. The van der Waals surface area contributed by atoms with Crippen LogP contribution in [0.25, 0.3) is 11.5 Å². The molecule has 8 nitrogen and oxygen atoms in total. The minimum Gasteiger partial charge on any atom is -0.493 e. The molecule has 1 N–H and O–H groups in total. The van der Waals surface area contributed by atoms with Crippen molar-refractivity contribution >= 4 is 11.7 Å². The fraction of sp³-hybridized carbons (Fsp3) is 0.188. The molecule has 5 aromatic rings. The van der Waals surface area contributed by atoms with Crippen LogP contribution in [0, 0.1) is 13.8 Å². The van der Waals surface area contributed by atoms with E-state index in [0.717, 1.165) is 39.6 Å². The number of methoxy groups -OCH3 is 2. The summed E-state index contributed by atoms with van der Waals surface area (Å²) in [5.41, 5.74) is 6.56. The van der Waals surface area contributed by atoms with Gasteiger partial charge in [0.1, 0.15) is 5.82 Å². The zero-order valence-corrected chi connectivity index (χ0v) is 23.0. The lowest BCUT2D eigenvalue weighted by atomic mass is 10.00. The monoisotopic (exact) mass is 533 g/mol. The first-order valence-corrected chi connectivity index (χ1v) is 13.2. The fourth-order valence-corrected chi connectivity index (χ4v) is 5.45. The lowest BCUT2D eigenvalue weighted by Gasteiger charge is -2.31. The average molecular weight is 534 g/mol. The molecule has 6 rings (SSSR count). The number of hydrogen-bond acceptors (Lipinski definition) is 4. The summed E-state index contributed by atoms with van der Waals surface area (Å²) in [5, 5.41) is 8.03. The molecule has 0 aliphatic carbocycles. The van der Waals surface area contributed by atoms with Crippen LogP contribution in [0.4, 0.5) is 10.5 Å². The van der Waals surface area contributed by atoms with Crippen LogP contribution in [0.2, 0.25) is 0 Å². The van der Waals surface area contributed by atoms with Gasteiger partial charge in [-0.2, -0.15) is 5.10 Å². The lowest BCUT2D eigenvalue weighted by Crippen LogP contribution is -2.38. The van der Waals surface area contributed by atoms with Gasteiger partial charge in [-0.25, -0.2) is 9.48 Å². The highest BCUT2D eigenvalue weighted by Gasteiger charge is 2.36. The van der Waals surface area contributed by atoms with E-state index in [4.69, 9.17) is 14.6 Å². The van der Waals surface area contributed by atoms with Gasteiger partial charge in [-0.1, -0.05) is 48.0 Å². The summed E-state index contributed by atoms with van der Waals surface area (Å²) >= 11 is 0. The molecule has 3 aromatic carbocycles. The van der Waals surface area contributed by atoms with Crippen LogP contribution < -0.4 is 14.8 Å². The highest BCUT2D eigenvalue weighted by molar-refractivity contribution is 5.90. The number of aromatic nitrogens is 3. The van der Waals surface area contributed by atoms with Crippen molar-refractivity contribution in [2.45, 2.75) is 26.4 Å². The highest BCUT2D eigenvalue weighted by Crippen LogP contribution is 2.39. The molecule has 1 atom stereocenters. The predicted molar refractivity (Wildman–Crippen MR) is 155 cm³/mol. The van der Waals surface area contributed by atoms with E-state index in [0.29, 0.717) is 23.7 Å². The second kappa shape index (κ2) is 10.3. The van der Waals surface area contributed by atoms with Crippen molar-refractivity contribution in [3.63, 3.8) is 0 Å². The van der Waals surface area contributed by atoms with Gasteiger partial charge in [-0.3, -0.25) is 0 Å². The third-order valence-electron chi connectivity index (χ3n) is 7.34. The summed E-state index contributed by atoms with van der Waals surface area (Å²) in [6.45, 7) is 4.44. The average Bonchev–Trinajstić information content (AvgIpc) is 3.53. The van der Waals surface area contributed by atoms with Gasteiger partial charge in [0.25, 0.3) is 0 Å². The lowest BCUT2D eigenvalue weighted by molar-refractivity contribution is 0.194. The van der Waals surface area contributed by atoms with E-state index < -0.39 is 0 Å². The number of carbonyl (C=O) groups is 1. The van der Waals surface area contributed by atoms with Crippen LogP contribution in [0.15, 0.2) is 91.1 Å². The maximum absolute atomic E-state index is 14.2. The number of amides is 2. The third-order valence-corrected chi connectivity index (χ3v) is 7.34. The first-order chi connectivity index (χ1) is 19.5. The molecule has 2 amide bonds. The molecule has 0 radical (unpaired) electrons. The Morgan fingerprint density at radius 1 is 0.900 bits per heavy atom. The summed E-state index contributed by atoms with van der Waals surface area (Å²) < 4.78 is 15.0. The van der Waals surface area contributed by atoms with Crippen LogP contribution in [-0.2, 0) is 6.54 Å². The van der Waals surface area contributed by atoms with E-state index >= 15 is 0 Å². The summed E-state index contributed by atoms with van der Waals surface area (Å²) in [4.78, 5) is 16.1. The van der Waals surface area contributed by atoms with Crippen molar-refractivity contribution in [1.29, 1.82) is 0 Å². The minimum atomic E-state index is -0.342. The Bertz CT molecular complexity index is 1690. The number of fused-ring (bicyclic) bond motifs is 3. The minimum absolute atomic E-state index is 0.230. The number of ether oxygens (including phenoxy) is 2. The number of hydrogen-bond donors (Lipinski definition) is 1. The van der Waals surface area contributed by atoms with Gasteiger partial charge in [0.15, 0.2) is 11.5 Å². The third kappa shape index (κ3) is 4.37. The van der Waals surface area contributed by atoms with Gasteiger partial charge in [-0.15, -0.1) is 0 Å². The van der Waals surface area contributed by atoms with Crippen molar-refractivity contribution in [2.24, 2.45) is 0 Å². The Morgan fingerprint density at radius 3 is 2.45 bits per heavy atom. The normalized spacial score (nSPS) is 14.2. The van der Waals surface area contributed by atoms with Gasteiger partial charge in [0.05, 0.1) is 43.9 Å². The first kappa shape index (κ1) is 25.3. The van der Waals surface area contributed by atoms with E-state index in [-0.39, 0.29) is 12.1 Å². The molecule has 202 valence electrons. The van der Waals surface area contributed by atoms with E-state index in [9.17, 15) is 4.79 Å². The molecule has 2 aromatic heterocycles. The molecule has 40 heavy (non-hydrogen) atoms.